The van der Waals surface area contributed by atoms with Crippen LogP contribution in [0.1, 0.15) is 41.5 Å². The molecule has 1 amide bonds. The zero-order valence-corrected chi connectivity index (χ0v) is 12.9. The van der Waals surface area contributed by atoms with E-state index in [9.17, 15) is 9.90 Å². The van der Waals surface area contributed by atoms with E-state index in [1.54, 1.807) is 17.9 Å². The number of carbonyl (C=O) groups excluding carboxylic acids is 1. The normalized spacial score (nSPS) is 30.8. The van der Waals surface area contributed by atoms with Crippen LogP contribution in [0.2, 0.25) is 0 Å². The number of carbonyl (C=O) groups is 1. The van der Waals surface area contributed by atoms with Crippen LogP contribution in [-0.4, -0.2) is 39.9 Å². The predicted molar refractivity (Wildman–Crippen MR) is 75.5 cm³/mol. The maximum atomic E-state index is 11.8. The molecule has 0 aromatic heterocycles. The van der Waals surface area contributed by atoms with E-state index >= 15 is 0 Å². The van der Waals surface area contributed by atoms with Crippen molar-refractivity contribution in [3.8, 4) is 0 Å². The zero-order chi connectivity index (χ0) is 15.0. The Morgan fingerprint density at radius 2 is 2.00 bits per heavy atom. The van der Waals surface area contributed by atoms with Crippen molar-refractivity contribution in [1.29, 1.82) is 0 Å². The number of nitrogens with zero attached hydrogens (tertiary/aromatic N) is 1. The molecule has 1 heterocycles. The lowest BCUT2D eigenvalue weighted by Gasteiger charge is -2.31. The van der Waals surface area contributed by atoms with Gasteiger partial charge >= 0.3 is 0 Å². The van der Waals surface area contributed by atoms with Crippen molar-refractivity contribution in [2.24, 2.45) is 11.8 Å². The van der Waals surface area contributed by atoms with Crippen molar-refractivity contribution in [2.45, 2.75) is 65.5 Å². The number of rotatable bonds is 4. The minimum atomic E-state index is -0.624. The quantitative estimate of drug-likeness (QED) is 0.796. The van der Waals surface area contributed by atoms with Gasteiger partial charge in [0.1, 0.15) is 5.72 Å². The molecule has 0 aromatic carbocycles. The van der Waals surface area contributed by atoms with E-state index in [0.717, 1.165) is 0 Å². The second-order valence-corrected chi connectivity index (χ2v) is 6.10. The highest BCUT2D eigenvalue weighted by Gasteiger charge is 2.49. The van der Waals surface area contributed by atoms with Crippen LogP contribution in [0.5, 0.6) is 0 Å². The van der Waals surface area contributed by atoms with Crippen molar-refractivity contribution >= 4 is 5.91 Å². The molecule has 1 aliphatic heterocycles. The third-order valence-electron chi connectivity index (χ3n) is 4.19. The minimum absolute atomic E-state index is 0.000269. The Morgan fingerprint density at radius 1 is 1.47 bits per heavy atom. The Morgan fingerprint density at radius 3 is 2.37 bits per heavy atom. The van der Waals surface area contributed by atoms with Gasteiger partial charge < -0.3 is 14.7 Å². The summed E-state index contributed by atoms with van der Waals surface area (Å²) in [4.78, 5) is 13.5. The summed E-state index contributed by atoms with van der Waals surface area (Å²) in [5.74, 6) is -0.0645. The van der Waals surface area contributed by atoms with E-state index in [0.29, 0.717) is 0 Å². The molecule has 4 heteroatoms. The van der Waals surface area contributed by atoms with Gasteiger partial charge in [0.15, 0.2) is 0 Å². The number of aliphatic hydroxyl groups excluding tert-OH is 1. The second kappa shape index (κ2) is 5.63. The minimum Gasteiger partial charge on any atom is -0.392 e. The van der Waals surface area contributed by atoms with Gasteiger partial charge in [0.2, 0.25) is 5.91 Å². The first kappa shape index (κ1) is 16.2. The third-order valence-corrected chi connectivity index (χ3v) is 4.19. The highest BCUT2D eigenvalue weighted by Crippen LogP contribution is 2.37. The van der Waals surface area contributed by atoms with E-state index in [4.69, 9.17) is 4.74 Å². The molecule has 0 spiro atoms. The molecular formula is C15H27NO3. The molecule has 110 valence electrons. The molecule has 5 atom stereocenters. The van der Waals surface area contributed by atoms with Crippen LogP contribution in [0, 0.1) is 11.8 Å². The van der Waals surface area contributed by atoms with Gasteiger partial charge in [-0.3, -0.25) is 4.79 Å². The summed E-state index contributed by atoms with van der Waals surface area (Å²) in [5, 5.41) is 10.3. The fraction of sp³-hybridized carbons (Fsp3) is 0.800. The number of ether oxygens (including phenoxy) is 1. The predicted octanol–water partition coefficient (Wildman–Crippen LogP) is 2.18. The van der Waals surface area contributed by atoms with Crippen LogP contribution in [0.15, 0.2) is 12.7 Å². The van der Waals surface area contributed by atoms with Crippen LogP contribution >= 0.6 is 0 Å². The third kappa shape index (κ3) is 3.00. The molecule has 0 bridgehead atoms. The van der Waals surface area contributed by atoms with Crippen molar-refractivity contribution in [1.82, 2.24) is 4.90 Å². The Hall–Kier alpha value is -0.870. The molecule has 1 N–H and O–H groups in total. The van der Waals surface area contributed by atoms with Crippen LogP contribution in [-0.2, 0) is 9.53 Å². The molecule has 0 unspecified atom stereocenters. The average Bonchev–Trinajstić information content (AvgIpc) is 2.56. The maximum Gasteiger partial charge on any atom is 0.222 e. The first-order chi connectivity index (χ1) is 8.63. The van der Waals surface area contributed by atoms with E-state index in [-0.39, 0.29) is 29.9 Å². The lowest BCUT2D eigenvalue weighted by molar-refractivity contribution is -0.146. The van der Waals surface area contributed by atoms with E-state index in [2.05, 4.69) is 6.58 Å². The van der Waals surface area contributed by atoms with E-state index in [1.807, 2.05) is 34.6 Å². The number of hydrogen-bond acceptors (Lipinski definition) is 3. The summed E-state index contributed by atoms with van der Waals surface area (Å²) in [7, 11) is 0. The molecule has 4 nitrogen and oxygen atoms in total. The monoisotopic (exact) mass is 269 g/mol. The van der Waals surface area contributed by atoms with Gasteiger partial charge in [-0.1, -0.05) is 19.9 Å². The van der Waals surface area contributed by atoms with E-state index in [1.165, 1.54) is 0 Å². The molecule has 1 aliphatic rings. The standard InChI is InChI=1S/C15H27NO3/c1-8-9(2)13(18)10(3)14-11(4)16(12(5)17)15(6,7)19-14/h8-11,13-14,18H,1H2,2-7H3/t9-,10+,11-,13-,14+/m1/s1. The molecular weight excluding hydrogens is 242 g/mol. The summed E-state index contributed by atoms with van der Waals surface area (Å²) >= 11 is 0. The Bertz CT molecular complexity index is 353. The molecule has 19 heavy (non-hydrogen) atoms. The topological polar surface area (TPSA) is 49.8 Å². The molecule has 1 fully saturated rings. The Kier molecular flexibility index (Phi) is 4.80. The Balaban J connectivity index is 2.92. The molecule has 0 saturated carbocycles. The molecule has 0 aromatic rings. The van der Waals surface area contributed by atoms with Crippen molar-refractivity contribution < 1.29 is 14.6 Å². The van der Waals surface area contributed by atoms with Crippen molar-refractivity contribution in [3.05, 3.63) is 12.7 Å². The summed E-state index contributed by atoms with van der Waals surface area (Å²) < 4.78 is 6.02. The molecule has 1 saturated heterocycles. The number of amides is 1. The van der Waals surface area contributed by atoms with Gasteiger partial charge in [0.05, 0.1) is 18.2 Å². The molecule has 0 radical (unpaired) electrons. The van der Waals surface area contributed by atoms with E-state index < -0.39 is 11.8 Å². The fourth-order valence-electron chi connectivity index (χ4n) is 3.15. The SMILES string of the molecule is C=C[C@@H](C)[C@@H](O)[C@H](C)[C@@H]1OC(C)(C)N(C(C)=O)[C@@H]1C. The summed E-state index contributed by atoms with van der Waals surface area (Å²) in [6.45, 7) is 14.9. The van der Waals surface area contributed by atoms with Gasteiger partial charge in [0, 0.05) is 18.8 Å². The largest absolute Gasteiger partial charge is 0.392 e. The fourth-order valence-corrected chi connectivity index (χ4v) is 3.15. The maximum absolute atomic E-state index is 11.8. The van der Waals surface area contributed by atoms with Gasteiger partial charge in [-0.25, -0.2) is 0 Å². The summed E-state index contributed by atoms with van der Waals surface area (Å²) in [6.07, 6.45) is 1.05. The highest BCUT2D eigenvalue weighted by atomic mass is 16.5. The summed E-state index contributed by atoms with van der Waals surface area (Å²) in [5.41, 5.74) is -0.624. The number of aliphatic hydroxyl groups is 1. The smallest absolute Gasteiger partial charge is 0.222 e. The second-order valence-electron chi connectivity index (χ2n) is 6.10. The van der Waals surface area contributed by atoms with Gasteiger partial charge in [-0.2, -0.15) is 0 Å². The highest BCUT2D eigenvalue weighted by molar-refractivity contribution is 5.74. The van der Waals surface area contributed by atoms with Gasteiger partial charge in [-0.05, 0) is 20.8 Å². The first-order valence-electron chi connectivity index (χ1n) is 6.91. The van der Waals surface area contributed by atoms with Crippen LogP contribution < -0.4 is 0 Å². The lowest BCUT2D eigenvalue weighted by atomic mass is 9.87. The van der Waals surface area contributed by atoms with Crippen molar-refractivity contribution in [3.63, 3.8) is 0 Å². The first-order valence-corrected chi connectivity index (χ1v) is 6.91. The lowest BCUT2D eigenvalue weighted by Crippen LogP contribution is -2.47. The number of hydrogen-bond donors (Lipinski definition) is 1. The van der Waals surface area contributed by atoms with Crippen LogP contribution in [0.25, 0.3) is 0 Å². The van der Waals surface area contributed by atoms with Gasteiger partial charge in [-0.15, -0.1) is 6.58 Å². The van der Waals surface area contributed by atoms with Crippen LogP contribution in [0.4, 0.5) is 0 Å². The Labute approximate surface area is 116 Å². The van der Waals surface area contributed by atoms with Crippen LogP contribution in [0.3, 0.4) is 0 Å². The molecule has 1 rings (SSSR count). The van der Waals surface area contributed by atoms with Gasteiger partial charge in [0.25, 0.3) is 0 Å². The van der Waals surface area contributed by atoms with Crippen molar-refractivity contribution in [2.75, 3.05) is 0 Å². The molecule has 0 aliphatic carbocycles. The average molecular weight is 269 g/mol. The summed E-state index contributed by atoms with van der Waals surface area (Å²) in [6, 6.07) is -0.0471. The zero-order valence-electron chi connectivity index (χ0n) is 12.9.